The largest absolute Gasteiger partial charge is 0.368 e. The molecule has 4 N–H and O–H groups in total. The molecular weight excluding hydrogens is 338 g/mol. The van der Waals surface area contributed by atoms with Crippen LogP contribution in [0.4, 0.5) is 5.95 Å². The van der Waals surface area contributed by atoms with Gasteiger partial charge in [0.25, 0.3) is 0 Å². The number of amidine groups is 1. The van der Waals surface area contributed by atoms with Crippen molar-refractivity contribution in [3.8, 4) is 11.3 Å². The van der Waals surface area contributed by atoms with Crippen LogP contribution in [0.25, 0.3) is 11.3 Å². The topological polar surface area (TPSA) is 115 Å². The molecule has 0 aliphatic rings. The number of nitrogen functional groups attached to an aromatic ring is 1. The third kappa shape index (κ3) is 4.82. The molecule has 3 aromatic rings. The van der Waals surface area contributed by atoms with Gasteiger partial charge in [0.1, 0.15) is 0 Å². The maximum Gasteiger partial charge on any atom is 0.221 e. The van der Waals surface area contributed by atoms with Gasteiger partial charge in [0.15, 0.2) is 5.84 Å². The van der Waals surface area contributed by atoms with Gasteiger partial charge in [-0.15, -0.1) is 0 Å². The fourth-order valence-corrected chi connectivity index (χ4v) is 2.45. The van der Waals surface area contributed by atoms with E-state index in [0.29, 0.717) is 12.4 Å². The lowest BCUT2D eigenvalue weighted by molar-refractivity contribution is 1.06. The van der Waals surface area contributed by atoms with Crippen molar-refractivity contribution in [1.82, 2.24) is 9.97 Å². The average molecular weight is 357 g/mol. The van der Waals surface area contributed by atoms with Crippen LogP contribution >= 0.6 is 0 Å². The molecule has 0 atom stereocenters. The number of rotatable bonds is 4. The van der Waals surface area contributed by atoms with Crippen molar-refractivity contribution in [2.75, 3.05) is 5.73 Å². The minimum absolute atomic E-state index is 0.0721. The first-order chi connectivity index (χ1) is 13.2. The van der Waals surface area contributed by atoms with Crippen molar-refractivity contribution < 1.29 is 0 Å². The molecule has 0 unspecified atom stereocenters. The Hall–Kier alpha value is -3.87. The summed E-state index contributed by atoms with van der Waals surface area (Å²) in [5.74, 6) is 0.809. The molecule has 0 spiro atoms. The van der Waals surface area contributed by atoms with Gasteiger partial charge in [0.05, 0.1) is 12.2 Å². The van der Waals surface area contributed by atoms with Crippen molar-refractivity contribution in [2.45, 2.75) is 6.54 Å². The molecule has 7 nitrogen and oxygen atoms in total. The highest BCUT2D eigenvalue weighted by Gasteiger charge is 2.05. The van der Waals surface area contributed by atoms with Crippen molar-refractivity contribution in [2.24, 2.45) is 20.7 Å². The fraction of sp³-hybridized carbons (Fsp3) is 0.0500. The fourth-order valence-electron chi connectivity index (χ4n) is 2.45. The molecule has 0 saturated heterocycles. The molecule has 0 bridgehead atoms. The smallest absolute Gasteiger partial charge is 0.221 e. The van der Waals surface area contributed by atoms with Crippen LogP contribution in [0.2, 0.25) is 0 Å². The standard InChI is InChI=1S/C20H19N7/c1-23-19(21)27-18(15-7-3-2-4-8-15)25-13-14-6-5-9-16(12-14)17-10-11-24-20(22)26-17/h2-12H,1,13H2,(H2,21,25,27)(H2,22,24,26). The summed E-state index contributed by atoms with van der Waals surface area (Å²) in [4.78, 5) is 20.7. The summed E-state index contributed by atoms with van der Waals surface area (Å²) >= 11 is 0. The van der Waals surface area contributed by atoms with E-state index in [9.17, 15) is 0 Å². The molecule has 0 saturated carbocycles. The molecule has 1 aromatic heterocycles. The summed E-state index contributed by atoms with van der Waals surface area (Å²) in [5, 5.41) is 0. The number of guanidine groups is 1. The summed E-state index contributed by atoms with van der Waals surface area (Å²) in [6, 6.07) is 19.3. The van der Waals surface area contributed by atoms with Gasteiger partial charge >= 0.3 is 0 Å². The van der Waals surface area contributed by atoms with Gasteiger partial charge < -0.3 is 11.5 Å². The van der Waals surface area contributed by atoms with Gasteiger partial charge in [0.2, 0.25) is 11.9 Å². The van der Waals surface area contributed by atoms with Crippen LogP contribution in [0, 0.1) is 0 Å². The van der Waals surface area contributed by atoms with Crippen molar-refractivity contribution in [3.05, 3.63) is 78.0 Å². The Morgan fingerprint density at radius 1 is 1.04 bits per heavy atom. The van der Waals surface area contributed by atoms with E-state index in [2.05, 4.69) is 31.7 Å². The molecule has 0 radical (unpaired) electrons. The Morgan fingerprint density at radius 3 is 2.59 bits per heavy atom. The zero-order chi connectivity index (χ0) is 19.1. The predicted molar refractivity (Wildman–Crippen MR) is 110 cm³/mol. The summed E-state index contributed by atoms with van der Waals surface area (Å²) in [6.07, 6.45) is 1.63. The van der Waals surface area contributed by atoms with Crippen molar-refractivity contribution >= 4 is 24.5 Å². The minimum Gasteiger partial charge on any atom is -0.368 e. The molecule has 0 aliphatic carbocycles. The highest BCUT2D eigenvalue weighted by molar-refractivity contribution is 6.06. The maximum absolute atomic E-state index is 5.71. The molecule has 2 aromatic carbocycles. The van der Waals surface area contributed by atoms with E-state index >= 15 is 0 Å². The number of hydrogen-bond donors (Lipinski definition) is 2. The van der Waals surface area contributed by atoms with E-state index in [0.717, 1.165) is 22.4 Å². The Balaban J connectivity index is 1.90. The van der Waals surface area contributed by atoms with E-state index in [1.54, 1.807) is 6.20 Å². The van der Waals surface area contributed by atoms with Crippen LogP contribution in [0.15, 0.2) is 81.8 Å². The first-order valence-corrected chi connectivity index (χ1v) is 8.24. The van der Waals surface area contributed by atoms with Gasteiger partial charge in [-0.25, -0.2) is 15.0 Å². The summed E-state index contributed by atoms with van der Waals surface area (Å²) in [6.45, 7) is 3.82. The third-order valence-corrected chi connectivity index (χ3v) is 3.72. The molecule has 3 rings (SSSR count). The SMILES string of the molecule is C=NC(N)=NC(=NCc1cccc(-c2ccnc(N)n2)c1)c1ccccc1. The van der Waals surface area contributed by atoms with Gasteiger partial charge in [0, 0.05) is 17.3 Å². The third-order valence-electron chi connectivity index (χ3n) is 3.72. The van der Waals surface area contributed by atoms with E-state index < -0.39 is 0 Å². The first-order valence-electron chi connectivity index (χ1n) is 8.24. The number of aliphatic imine (C=N–C) groups is 3. The lowest BCUT2D eigenvalue weighted by atomic mass is 10.1. The zero-order valence-electron chi connectivity index (χ0n) is 14.7. The van der Waals surface area contributed by atoms with E-state index in [1.165, 1.54) is 0 Å². The lowest BCUT2D eigenvalue weighted by Crippen LogP contribution is -2.11. The van der Waals surface area contributed by atoms with Gasteiger partial charge in [-0.3, -0.25) is 4.99 Å². The van der Waals surface area contributed by atoms with Crippen LogP contribution in [-0.4, -0.2) is 28.5 Å². The number of hydrogen-bond acceptors (Lipinski definition) is 4. The van der Waals surface area contributed by atoms with Crippen LogP contribution in [0.5, 0.6) is 0 Å². The average Bonchev–Trinajstić information content (AvgIpc) is 2.71. The number of anilines is 1. The monoisotopic (exact) mass is 357 g/mol. The van der Waals surface area contributed by atoms with Gasteiger partial charge in [-0.2, -0.15) is 4.99 Å². The van der Waals surface area contributed by atoms with Gasteiger partial charge in [-0.1, -0.05) is 48.5 Å². The van der Waals surface area contributed by atoms with Crippen molar-refractivity contribution in [3.63, 3.8) is 0 Å². The summed E-state index contributed by atoms with van der Waals surface area (Å²) in [7, 11) is 0. The molecule has 7 heteroatoms. The number of aromatic nitrogens is 2. The zero-order valence-corrected chi connectivity index (χ0v) is 14.7. The minimum atomic E-state index is 0.0721. The maximum atomic E-state index is 5.71. The molecule has 134 valence electrons. The molecule has 0 fully saturated rings. The van der Waals surface area contributed by atoms with Gasteiger partial charge in [-0.05, 0) is 24.4 Å². The molecule has 27 heavy (non-hydrogen) atoms. The Bertz CT molecular complexity index is 994. The van der Waals surface area contributed by atoms with E-state index in [4.69, 9.17) is 11.5 Å². The van der Waals surface area contributed by atoms with Crippen molar-refractivity contribution in [1.29, 1.82) is 0 Å². The van der Waals surface area contributed by atoms with Crippen LogP contribution in [0.1, 0.15) is 11.1 Å². The Kier molecular flexibility index (Phi) is 5.64. The predicted octanol–water partition coefficient (Wildman–Crippen LogP) is 2.69. The van der Waals surface area contributed by atoms with Crippen LogP contribution < -0.4 is 11.5 Å². The number of nitrogens with zero attached hydrogens (tertiary/aromatic N) is 5. The van der Waals surface area contributed by atoms with Crippen LogP contribution in [0.3, 0.4) is 0 Å². The Morgan fingerprint density at radius 2 is 1.85 bits per heavy atom. The first kappa shape index (κ1) is 17.9. The quantitative estimate of drug-likeness (QED) is 0.552. The van der Waals surface area contributed by atoms with E-state index in [-0.39, 0.29) is 11.9 Å². The number of nitrogens with two attached hydrogens (primary N) is 2. The second-order valence-corrected chi connectivity index (χ2v) is 5.63. The highest BCUT2D eigenvalue weighted by atomic mass is 15.1. The summed E-state index contributed by atoms with van der Waals surface area (Å²) in [5.41, 5.74) is 14.9. The summed E-state index contributed by atoms with van der Waals surface area (Å²) < 4.78 is 0. The van der Waals surface area contributed by atoms with Crippen LogP contribution in [-0.2, 0) is 6.54 Å². The Labute approximate surface area is 157 Å². The highest BCUT2D eigenvalue weighted by Crippen LogP contribution is 2.19. The van der Waals surface area contributed by atoms with E-state index in [1.807, 2.05) is 60.7 Å². The normalized spacial score (nSPS) is 12.0. The lowest BCUT2D eigenvalue weighted by Gasteiger charge is -2.05. The number of benzene rings is 2. The second kappa shape index (κ2) is 8.48. The second-order valence-electron chi connectivity index (χ2n) is 5.63. The molecule has 0 amide bonds. The molecule has 1 heterocycles. The molecule has 0 aliphatic heterocycles. The molecular formula is C20H19N7.